The maximum atomic E-state index is 11.0. The molecule has 2 N–H and O–H groups in total. The molecule has 0 amide bonds. The van der Waals surface area contributed by atoms with Crippen molar-refractivity contribution in [1.29, 1.82) is 0 Å². The van der Waals surface area contributed by atoms with Crippen molar-refractivity contribution in [2.24, 2.45) is 5.16 Å². The van der Waals surface area contributed by atoms with E-state index in [4.69, 9.17) is 19.8 Å². The molecule has 2 saturated heterocycles. The summed E-state index contributed by atoms with van der Waals surface area (Å²) in [6.07, 6.45) is 4.34. The highest BCUT2D eigenvalue weighted by Crippen LogP contribution is 2.34. The van der Waals surface area contributed by atoms with Gasteiger partial charge in [-0.05, 0) is 19.9 Å². The zero-order chi connectivity index (χ0) is 18.9. The van der Waals surface area contributed by atoms with Gasteiger partial charge in [-0.3, -0.25) is 0 Å². The van der Waals surface area contributed by atoms with Gasteiger partial charge in [0.25, 0.3) is 0 Å². The summed E-state index contributed by atoms with van der Waals surface area (Å²) < 4.78 is 5.86. The molecule has 0 aliphatic carbocycles. The highest BCUT2D eigenvalue weighted by molar-refractivity contribution is 5.89. The highest BCUT2D eigenvalue weighted by atomic mass is 16.7. The number of carboxylic acids is 2. The summed E-state index contributed by atoms with van der Waals surface area (Å²) in [5, 5.41) is 19.5. The van der Waals surface area contributed by atoms with Crippen LogP contribution in [0.2, 0.25) is 0 Å². The van der Waals surface area contributed by atoms with Crippen molar-refractivity contribution in [2.45, 2.75) is 38.2 Å². The molecule has 9 nitrogen and oxygen atoms in total. The lowest BCUT2D eigenvalue weighted by Crippen LogP contribution is -2.42. The maximum absolute atomic E-state index is 11.0. The van der Waals surface area contributed by atoms with Gasteiger partial charge in [0.05, 0.1) is 17.9 Å². The van der Waals surface area contributed by atoms with Gasteiger partial charge in [0.15, 0.2) is 0 Å². The monoisotopic (exact) mass is 356 g/mol. The fraction of sp³-hybridized carbons (Fsp3) is 0.625. The van der Waals surface area contributed by atoms with E-state index in [1.807, 2.05) is 0 Å². The van der Waals surface area contributed by atoms with Gasteiger partial charge in [-0.25, -0.2) is 14.4 Å². The first kappa shape index (κ1) is 20.8. The number of piperidine rings is 1. The molecule has 2 aliphatic heterocycles. The van der Waals surface area contributed by atoms with Gasteiger partial charge in [0.1, 0.15) is 0 Å². The first-order valence-electron chi connectivity index (χ1n) is 7.98. The van der Waals surface area contributed by atoms with Crippen LogP contribution in [0.3, 0.4) is 0 Å². The van der Waals surface area contributed by atoms with Crippen molar-refractivity contribution in [2.75, 3.05) is 26.7 Å². The van der Waals surface area contributed by atoms with Crippen LogP contribution in [0.1, 0.15) is 32.6 Å². The number of ether oxygens (including phenoxy) is 1. The topological polar surface area (TPSA) is 126 Å². The largest absolute Gasteiger partial charge is 0.478 e. The van der Waals surface area contributed by atoms with E-state index >= 15 is 0 Å². The summed E-state index contributed by atoms with van der Waals surface area (Å²) in [6, 6.07) is 0. The van der Waals surface area contributed by atoms with Crippen molar-refractivity contribution in [1.82, 2.24) is 4.90 Å². The second-order valence-corrected chi connectivity index (χ2v) is 5.94. The third-order valence-corrected chi connectivity index (χ3v) is 3.90. The van der Waals surface area contributed by atoms with E-state index < -0.39 is 11.9 Å². The first-order chi connectivity index (χ1) is 11.8. The van der Waals surface area contributed by atoms with E-state index in [1.165, 1.54) is 0 Å². The molecule has 2 fully saturated rings. The molecule has 0 bridgehead atoms. The smallest absolute Gasteiger partial charge is 0.334 e. The Morgan fingerprint density at radius 1 is 1.24 bits per heavy atom. The number of nitrogens with zero attached hydrogens (tertiary/aromatic N) is 2. The maximum Gasteiger partial charge on any atom is 0.334 e. The summed E-state index contributed by atoms with van der Waals surface area (Å²) >= 11 is 0. The van der Waals surface area contributed by atoms with Crippen LogP contribution in [0.5, 0.6) is 0 Å². The first-order valence-corrected chi connectivity index (χ1v) is 7.98. The van der Waals surface area contributed by atoms with E-state index in [1.54, 1.807) is 6.92 Å². The molecule has 25 heavy (non-hydrogen) atoms. The fourth-order valence-electron chi connectivity index (χ4n) is 2.44. The van der Waals surface area contributed by atoms with Crippen molar-refractivity contribution < 1.29 is 34.2 Å². The molecule has 2 aliphatic rings. The van der Waals surface area contributed by atoms with Crippen LogP contribution in [0.4, 0.5) is 0 Å². The highest BCUT2D eigenvalue weighted by Gasteiger charge is 2.40. The van der Waals surface area contributed by atoms with Gasteiger partial charge in [0.2, 0.25) is 0 Å². The Balaban J connectivity index is 0.000000333. The van der Waals surface area contributed by atoms with Crippen molar-refractivity contribution in [3.63, 3.8) is 0 Å². The molecular formula is C16H24N2O7. The number of carbonyl (C=O) groups excluding carboxylic acids is 1. The SMILES string of the molecule is CCC(=O)ON=C1COC2(CCN(C)CC2)C1.O=C(O)C=CC(=O)O. The van der Waals surface area contributed by atoms with Gasteiger partial charge in [0, 0.05) is 38.1 Å². The van der Waals surface area contributed by atoms with Crippen LogP contribution in [0.15, 0.2) is 17.3 Å². The van der Waals surface area contributed by atoms with Crippen molar-refractivity contribution in [3.05, 3.63) is 12.2 Å². The van der Waals surface area contributed by atoms with Gasteiger partial charge in [-0.15, -0.1) is 0 Å². The van der Waals surface area contributed by atoms with Crippen LogP contribution >= 0.6 is 0 Å². The second-order valence-electron chi connectivity index (χ2n) is 5.94. The predicted octanol–water partition coefficient (Wildman–Crippen LogP) is 0.892. The Hall–Kier alpha value is -2.26. The summed E-state index contributed by atoms with van der Waals surface area (Å²) in [7, 11) is 2.12. The fourth-order valence-corrected chi connectivity index (χ4v) is 2.44. The average Bonchev–Trinajstić information content (AvgIpc) is 2.97. The molecule has 0 saturated carbocycles. The molecule has 0 aromatic rings. The van der Waals surface area contributed by atoms with Gasteiger partial charge >= 0.3 is 17.9 Å². The number of rotatable bonds is 4. The number of carboxylic acid groups (broad SMARTS) is 2. The lowest BCUT2D eigenvalue weighted by Gasteiger charge is -2.36. The molecule has 0 atom stereocenters. The minimum atomic E-state index is -1.26. The van der Waals surface area contributed by atoms with Crippen LogP contribution in [0, 0.1) is 0 Å². The molecule has 2 rings (SSSR count). The summed E-state index contributed by atoms with van der Waals surface area (Å²) in [4.78, 5) is 37.2. The number of aliphatic carboxylic acids is 2. The average molecular weight is 356 g/mol. The zero-order valence-electron chi connectivity index (χ0n) is 14.4. The van der Waals surface area contributed by atoms with Crippen molar-refractivity contribution in [3.8, 4) is 0 Å². The van der Waals surface area contributed by atoms with E-state index in [0.29, 0.717) is 25.2 Å². The summed E-state index contributed by atoms with van der Waals surface area (Å²) in [5.41, 5.74) is 0.806. The van der Waals surface area contributed by atoms with E-state index in [2.05, 4.69) is 17.1 Å². The predicted molar refractivity (Wildman–Crippen MR) is 88.3 cm³/mol. The number of likely N-dealkylation sites (tertiary alicyclic amines) is 1. The minimum Gasteiger partial charge on any atom is -0.478 e. The van der Waals surface area contributed by atoms with Crippen molar-refractivity contribution >= 4 is 23.6 Å². The standard InChI is InChI=1S/C12H20N2O3.C4H4O4/c1-3-11(15)17-13-10-8-12(16-9-10)4-6-14(2)7-5-12;5-3(6)1-2-4(7)8/h3-9H2,1-2H3;1-2H,(H,5,6)(H,7,8). The Morgan fingerprint density at radius 3 is 2.28 bits per heavy atom. The summed E-state index contributed by atoms with van der Waals surface area (Å²) in [5.74, 6) is -2.80. The number of hydrogen-bond acceptors (Lipinski definition) is 7. The molecular weight excluding hydrogens is 332 g/mol. The Morgan fingerprint density at radius 2 is 1.80 bits per heavy atom. The van der Waals surface area contributed by atoms with Gasteiger partial charge in [-0.2, -0.15) is 0 Å². The van der Waals surface area contributed by atoms with Crippen LogP contribution in [-0.4, -0.2) is 71.1 Å². The Kier molecular flexibility index (Phi) is 8.23. The molecule has 0 aromatic carbocycles. The van der Waals surface area contributed by atoms with Gasteiger partial charge in [-0.1, -0.05) is 12.1 Å². The van der Waals surface area contributed by atoms with E-state index in [9.17, 15) is 14.4 Å². The molecule has 0 aromatic heterocycles. The third kappa shape index (κ3) is 7.90. The normalized spacial score (nSPS) is 21.1. The number of carbonyl (C=O) groups is 3. The molecule has 1 spiro atoms. The van der Waals surface area contributed by atoms with E-state index in [0.717, 1.165) is 38.1 Å². The lowest BCUT2D eigenvalue weighted by atomic mass is 9.88. The van der Waals surface area contributed by atoms with Crippen LogP contribution < -0.4 is 0 Å². The molecule has 9 heteroatoms. The molecule has 2 heterocycles. The zero-order valence-corrected chi connectivity index (χ0v) is 14.4. The van der Waals surface area contributed by atoms with E-state index in [-0.39, 0.29) is 11.6 Å². The summed E-state index contributed by atoms with van der Waals surface area (Å²) in [6.45, 7) is 4.37. The lowest BCUT2D eigenvalue weighted by molar-refractivity contribution is -0.143. The quantitative estimate of drug-likeness (QED) is 0.432. The van der Waals surface area contributed by atoms with Crippen LogP contribution in [-0.2, 0) is 24.0 Å². The minimum absolute atomic E-state index is 0.0516. The van der Waals surface area contributed by atoms with Gasteiger partial charge < -0.3 is 24.7 Å². The second kappa shape index (κ2) is 9.90. The van der Waals surface area contributed by atoms with Crippen LogP contribution in [0.25, 0.3) is 0 Å². The molecule has 140 valence electrons. The molecule has 0 radical (unpaired) electrons. The number of hydrogen-bond donors (Lipinski definition) is 2. The molecule has 0 unspecified atom stereocenters. The Bertz CT molecular complexity index is 533. The number of oxime groups is 1. The third-order valence-electron chi connectivity index (χ3n) is 3.90. The Labute approximate surface area is 145 Å².